The minimum Gasteiger partial charge on any atom is -0.761 e. The fourth-order valence-corrected chi connectivity index (χ4v) is 1.75. The van der Waals surface area contributed by atoms with Gasteiger partial charge in [-0.3, -0.25) is 0 Å². The highest BCUT2D eigenvalue weighted by molar-refractivity contribution is 9.09. The molecule has 0 aliphatic carbocycles. The van der Waals surface area contributed by atoms with E-state index in [4.69, 9.17) is 16.3 Å². The molecule has 2 aromatic rings. The summed E-state index contributed by atoms with van der Waals surface area (Å²) >= 11 is 8.99. The number of hydrogen-bond donors (Lipinski definition) is 2. The third-order valence-corrected chi connectivity index (χ3v) is 2.84. The summed E-state index contributed by atoms with van der Waals surface area (Å²) in [6.07, 6.45) is 1.32. The Bertz CT molecular complexity index is 568. The van der Waals surface area contributed by atoms with Gasteiger partial charge in [0.25, 0.3) is 0 Å². The standard InChI is InChI=1S/C12H11BrClN4O2/c13-5-6-20-9-3-1-8(2-4-9)16-11-10(18-19)7-15-12(14)17-11/h1-4,7,18H,5-6H2,(H,15,16,17)/q-1. The molecule has 2 rings (SSSR count). The Morgan fingerprint density at radius 1 is 1.30 bits per heavy atom. The van der Waals surface area contributed by atoms with E-state index >= 15 is 0 Å². The number of nitrogens with one attached hydrogen (secondary N) is 2. The number of halogens is 2. The lowest BCUT2D eigenvalue weighted by molar-refractivity contribution is 0.345. The molecule has 0 fully saturated rings. The second kappa shape index (κ2) is 7.28. The molecule has 0 radical (unpaired) electrons. The average Bonchev–Trinajstić information content (AvgIpc) is 2.47. The van der Waals surface area contributed by atoms with Crippen molar-refractivity contribution in [1.29, 1.82) is 0 Å². The molecule has 0 bridgehead atoms. The zero-order chi connectivity index (χ0) is 14.4. The SMILES string of the molecule is [O-]Nc1cnc(Cl)nc1Nc1ccc(OCCBr)cc1. The summed E-state index contributed by atoms with van der Waals surface area (Å²) < 4.78 is 5.44. The van der Waals surface area contributed by atoms with Gasteiger partial charge in [0.1, 0.15) is 5.75 Å². The van der Waals surface area contributed by atoms with Gasteiger partial charge in [-0.2, -0.15) is 4.98 Å². The number of ether oxygens (including phenoxy) is 1. The normalized spacial score (nSPS) is 10.2. The van der Waals surface area contributed by atoms with Crippen LogP contribution < -0.4 is 15.5 Å². The van der Waals surface area contributed by atoms with Gasteiger partial charge in [-0.05, 0) is 35.9 Å². The van der Waals surface area contributed by atoms with E-state index < -0.39 is 0 Å². The van der Waals surface area contributed by atoms with Crippen molar-refractivity contribution in [1.82, 2.24) is 9.97 Å². The van der Waals surface area contributed by atoms with Crippen molar-refractivity contribution in [3.63, 3.8) is 0 Å². The van der Waals surface area contributed by atoms with Crippen molar-refractivity contribution in [2.24, 2.45) is 0 Å². The van der Waals surface area contributed by atoms with E-state index in [1.165, 1.54) is 6.20 Å². The molecule has 20 heavy (non-hydrogen) atoms. The molecule has 0 saturated carbocycles. The molecule has 1 aromatic carbocycles. The van der Waals surface area contributed by atoms with Crippen molar-refractivity contribution in [2.75, 3.05) is 22.7 Å². The maximum absolute atomic E-state index is 10.8. The van der Waals surface area contributed by atoms with Gasteiger partial charge in [0, 0.05) is 11.0 Å². The first-order chi connectivity index (χ1) is 9.72. The van der Waals surface area contributed by atoms with Gasteiger partial charge < -0.3 is 20.7 Å². The topological polar surface area (TPSA) is 82.1 Å². The molecule has 8 heteroatoms. The molecule has 6 nitrogen and oxygen atoms in total. The Balaban J connectivity index is 2.11. The molecule has 0 unspecified atom stereocenters. The number of aromatic nitrogens is 2. The zero-order valence-corrected chi connectivity index (χ0v) is 12.6. The summed E-state index contributed by atoms with van der Waals surface area (Å²) in [5.74, 6) is 1.08. The monoisotopic (exact) mass is 357 g/mol. The zero-order valence-electron chi connectivity index (χ0n) is 10.3. The number of benzene rings is 1. The van der Waals surface area contributed by atoms with Gasteiger partial charge in [-0.25, -0.2) is 4.98 Å². The van der Waals surface area contributed by atoms with E-state index in [-0.39, 0.29) is 11.0 Å². The molecular weight excluding hydrogens is 348 g/mol. The minimum atomic E-state index is 0.0591. The Kier molecular flexibility index (Phi) is 5.40. The van der Waals surface area contributed by atoms with Gasteiger partial charge in [-0.15, -0.1) is 0 Å². The van der Waals surface area contributed by atoms with E-state index in [9.17, 15) is 5.21 Å². The van der Waals surface area contributed by atoms with E-state index in [0.29, 0.717) is 12.4 Å². The lowest BCUT2D eigenvalue weighted by Gasteiger charge is -2.15. The van der Waals surface area contributed by atoms with Crippen LogP contribution in [0.25, 0.3) is 0 Å². The van der Waals surface area contributed by atoms with Crippen LogP contribution in [0.15, 0.2) is 30.5 Å². The number of anilines is 3. The van der Waals surface area contributed by atoms with Crippen molar-refractivity contribution < 1.29 is 4.74 Å². The predicted molar refractivity (Wildman–Crippen MR) is 83.0 cm³/mol. The summed E-state index contributed by atoms with van der Waals surface area (Å²) in [6.45, 7) is 0.596. The molecule has 0 atom stereocenters. The van der Waals surface area contributed by atoms with Gasteiger partial charge in [0.2, 0.25) is 5.28 Å². The first-order valence-corrected chi connectivity index (χ1v) is 7.19. The van der Waals surface area contributed by atoms with E-state index in [0.717, 1.165) is 16.8 Å². The van der Waals surface area contributed by atoms with Gasteiger partial charge >= 0.3 is 0 Å². The number of hydrogen-bond acceptors (Lipinski definition) is 6. The second-order valence-corrected chi connectivity index (χ2v) is 4.82. The largest absolute Gasteiger partial charge is 0.761 e. The number of alkyl halides is 1. The van der Waals surface area contributed by atoms with Crippen LogP contribution in [0.3, 0.4) is 0 Å². The maximum Gasteiger partial charge on any atom is 0.224 e. The van der Waals surface area contributed by atoms with Crippen LogP contribution >= 0.6 is 27.5 Å². The fourth-order valence-electron chi connectivity index (χ4n) is 1.46. The van der Waals surface area contributed by atoms with Crippen molar-refractivity contribution in [3.8, 4) is 5.75 Å². The average molecular weight is 359 g/mol. The van der Waals surface area contributed by atoms with Crippen LogP contribution in [0.2, 0.25) is 5.28 Å². The summed E-state index contributed by atoms with van der Waals surface area (Å²) in [5.41, 5.74) is 2.73. The summed E-state index contributed by atoms with van der Waals surface area (Å²) in [6, 6.07) is 7.26. The third kappa shape index (κ3) is 3.96. The second-order valence-electron chi connectivity index (χ2n) is 3.69. The highest BCUT2D eigenvalue weighted by Crippen LogP contribution is 2.25. The minimum absolute atomic E-state index is 0.0591. The van der Waals surface area contributed by atoms with Crippen LogP contribution in [0, 0.1) is 5.21 Å². The summed E-state index contributed by atoms with van der Waals surface area (Å²) in [7, 11) is 0. The van der Waals surface area contributed by atoms with Crippen LogP contribution in [-0.4, -0.2) is 21.9 Å². The number of rotatable bonds is 6. The highest BCUT2D eigenvalue weighted by atomic mass is 79.9. The Morgan fingerprint density at radius 2 is 2.05 bits per heavy atom. The first-order valence-electron chi connectivity index (χ1n) is 5.69. The molecule has 1 heterocycles. The lowest BCUT2D eigenvalue weighted by atomic mass is 10.3. The molecule has 0 amide bonds. The van der Waals surface area contributed by atoms with Crippen LogP contribution in [-0.2, 0) is 0 Å². The highest BCUT2D eigenvalue weighted by Gasteiger charge is 2.04. The Hall–Kier alpha value is -1.57. The van der Waals surface area contributed by atoms with E-state index in [1.54, 1.807) is 5.48 Å². The first kappa shape index (κ1) is 14.8. The molecule has 2 N–H and O–H groups in total. The molecule has 106 valence electrons. The van der Waals surface area contributed by atoms with Gasteiger partial charge in [0.15, 0.2) is 5.82 Å². The number of nitrogens with zero attached hydrogens (tertiary/aromatic N) is 2. The molecular formula is C12H11BrClN4O2-. The maximum atomic E-state index is 10.8. The van der Waals surface area contributed by atoms with Gasteiger partial charge in [-0.1, -0.05) is 15.9 Å². The lowest BCUT2D eigenvalue weighted by Crippen LogP contribution is -2.01. The summed E-state index contributed by atoms with van der Waals surface area (Å²) in [5, 5.41) is 14.6. The quantitative estimate of drug-likeness (QED) is 0.467. The van der Waals surface area contributed by atoms with Crippen molar-refractivity contribution in [3.05, 3.63) is 41.0 Å². The van der Waals surface area contributed by atoms with Crippen molar-refractivity contribution >= 4 is 44.7 Å². The van der Waals surface area contributed by atoms with Crippen LogP contribution in [0.4, 0.5) is 17.2 Å². The predicted octanol–water partition coefficient (Wildman–Crippen LogP) is 3.56. The van der Waals surface area contributed by atoms with Crippen LogP contribution in [0.1, 0.15) is 0 Å². The Morgan fingerprint density at radius 3 is 2.70 bits per heavy atom. The van der Waals surface area contributed by atoms with Crippen LogP contribution in [0.5, 0.6) is 5.75 Å². The smallest absolute Gasteiger partial charge is 0.224 e. The molecule has 0 aliphatic heterocycles. The molecule has 1 aromatic heterocycles. The van der Waals surface area contributed by atoms with Gasteiger partial charge in [0.05, 0.1) is 18.5 Å². The Labute approximate surface area is 129 Å². The molecule has 0 spiro atoms. The van der Waals surface area contributed by atoms with E-state index in [2.05, 4.69) is 31.2 Å². The molecule has 0 aliphatic rings. The molecule has 0 saturated heterocycles. The third-order valence-electron chi connectivity index (χ3n) is 2.33. The van der Waals surface area contributed by atoms with E-state index in [1.807, 2.05) is 24.3 Å². The summed E-state index contributed by atoms with van der Waals surface area (Å²) in [4.78, 5) is 7.68. The fraction of sp³-hybridized carbons (Fsp3) is 0.167. The van der Waals surface area contributed by atoms with Crippen molar-refractivity contribution in [2.45, 2.75) is 0 Å².